The molecule has 0 bridgehead atoms. The quantitative estimate of drug-likeness (QED) is 0.544. The number of benzene rings is 2. The minimum absolute atomic E-state index is 0.105. The molecule has 0 saturated carbocycles. The molecule has 154 valence electrons. The van der Waals surface area contributed by atoms with Gasteiger partial charge >= 0.3 is 0 Å². The maximum atomic E-state index is 13.5. The number of likely N-dealkylation sites (tertiary alicyclic amines) is 1. The van der Waals surface area contributed by atoms with Crippen molar-refractivity contribution in [3.63, 3.8) is 0 Å². The Bertz CT molecular complexity index is 872. The summed E-state index contributed by atoms with van der Waals surface area (Å²) in [6, 6.07) is 12.0. The molecule has 1 unspecified atom stereocenters. The summed E-state index contributed by atoms with van der Waals surface area (Å²) >= 11 is 13.6. The normalized spacial score (nSPS) is 21.1. The van der Waals surface area contributed by atoms with Gasteiger partial charge in [0.1, 0.15) is 5.82 Å². The van der Waals surface area contributed by atoms with Gasteiger partial charge in [0, 0.05) is 34.1 Å². The minimum atomic E-state index is -0.227. The monoisotopic (exact) mass is 452 g/mol. The Kier molecular flexibility index (Phi) is 6.69. The van der Waals surface area contributed by atoms with E-state index in [0.717, 1.165) is 56.7 Å². The zero-order valence-corrected chi connectivity index (χ0v) is 18.3. The van der Waals surface area contributed by atoms with E-state index in [1.165, 1.54) is 17.8 Å². The van der Waals surface area contributed by atoms with Crippen molar-refractivity contribution in [3.05, 3.63) is 63.9 Å². The molecule has 2 aliphatic rings. The second kappa shape index (κ2) is 9.25. The van der Waals surface area contributed by atoms with Crippen LogP contribution in [0.4, 0.5) is 14.9 Å². The Morgan fingerprint density at radius 3 is 2.52 bits per heavy atom. The van der Waals surface area contributed by atoms with Crippen LogP contribution < -0.4 is 4.90 Å². The molecule has 1 atom stereocenters. The van der Waals surface area contributed by atoms with E-state index >= 15 is 0 Å². The third-order valence-electron chi connectivity index (χ3n) is 5.70. The van der Waals surface area contributed by atoms with Crippen molar-refractivity contribution < 1.29 is 9.18 Å². The lowest BCUT2D eigenvalue weighted by atomic mass is 9.90. The third-order valence-corrected chi connectivity index (χ3v) is 7.37. The van der Waals surface area contributed by atoms with E-state index in [1.54, 1.807) is 12.1 Å². The van der Waals surface area contributed by atoms with Crippen molar-refractivity contribution in [1.29, 1.82) is 0 Å². The van der Waals surface area contributed by atoms with Gasteiger partial charge in [-0.1, -0.05) is 35.0 Å². The number of hydrogen-bond donors (Lipinski definition) is 0. The van der Waals surface area contributed by atoms with Gasteiger partial charge in [-0.3, -0.25) is 4.79 Å². The van der Waals surface area contributed by atoms with E-state index in [4.69, 9.17) is 23.2 Å². The summed E-state index contributed by atoms with van der Waals surface area (Å²) in [6.45, 7) is 3.64. The minimum Gasteiger partial charge on any atom is -0.302 e. The van der Waals surface area contributed by atoms with Crippen molar-refractivity contribution in [2.45, 2.75) is 24.5 Å². The van der Waals surface area contributed by atoms with Gasteiger partial charge in [-0.05, 0) is 86.3 Å². The van der Waals surface area contributed by atoms with Crippen LogP contribution >= 0.6 is 35.0 Å². The fourth-order valence-corrected chi connectivity index (χ4v) is 5.54. The van der Waals surface area contributed by atoms with Gasteiger partial charge in [0.25, 0.3) is 5.24 Å². The number of nitrogens with zero attached hydrogens (tertiary/aromatic N) is 2. The molecule has 0 radical (unpaired) electrons. The molecular weight excluding hydrogens is 430 g/mol. The molecule has 0 spiro atoms. The van der Waals surface area contributed by atoms with E-state index < -0.39 is 0 Å². The standard InChI is InChI=1S/C22H23Cl2FN2OS/c23-17-1-4-19(5-2-17)27-14-20(29-22(27)28)13-26-9-7-15(8-10-26)11-16-12-18(25)3-6-21(16)24/h1-6,12,15,20H,7-11,13-14H2. The highest BCUT2D eigenvalue weighted by Gasteiger charge is 2.33. The van der Waals surface area contributed by atoms with E-state index in [1.807, 2.05) is 29.2 Å². The van der Waals surface area contributed by atoms with Crippen LogP contribution in [-0.4, -0.2) is 41.6 Å². The van der Waals surface area contributed by atoms with Gasteiger partial charge in [-0.25, -0.2) is 4.39 Å². The summed E-state index contributed by atoms with van der Waals surface area (Å²) in [5, 5.41) is 1.70. The molecule has 7 heteroatoms. The van der Waals surface area contributed by atoms with Crippen molar-refractivity contribution in [1.82, 2.24) is 4.90 Å². The molecule has 2 aliphatic heterocycles. The molecule has 0 aliphatic carbocycles. The summed E-state index contributed by atoms with van der Waals surface area (Å²) in [6.07, 6.45) is 2.96. The van der Waals surface area contributed by atoms with Crippen LogP contribution in [0.5, 0.6) is 0 Å². The Balaban J connectivity index is 1.27. The Morgan fingerprint density at radius 2 is 1.79 bits per heavy atom. The van der Waals surface area contributed by atoms with Gasteiger partial charge < -0.3 is 9.80 Å². The number of piperidine rings is 1. The maximum Gasteiger partial charge on any atom is 0.286 e. The van der Waals surface area contributed by atoms with Crippen molar-refractivity contribution in [2.24, 2.45) is 5.92 Å². The molecular formula is C22H23Cl2FN2OS. The van der Waals surface area contributed by atoms with Crippen LogP contribution in [-0.2, 0) is 6.42 Å². The number of rotatable bonds is 5. The second-order valence-electron chi connectivity index (χ2n) is 7.78. The van der Waals surface area contributed by atoms with Gasteiger partial charge in [0.15, 0.2) is 0 Å². The van der Waals surface area contributed by atoms with Crippen molar-refractivity contribution in [2.75, 3.05) is 31.1 Å². The zero-order chi connectivity index (χ0) is 20.4. The van der Waals surface area contributed by atoms with Crippen LogP contribution in [0.15, 0.2) is 42.5 Å². The zero-order valence-electron chi connectivity index (χ0n) is 16.0. The summed E-state index contributed by atoms with van der Waals surface area (Å²) in [7, 11) is 0. The Labute approximate surface area is 185 Å². The van der Waals surface area contributed by atoms with E-state index in [0.29, 0.717) is 16.0 Å². The molecule has 2 aromatic carbocycles. The first-order valence-corrected chi connectivity index (χ1v) is 11.5. The van der Waals surface area contributed by atoms with Gasteiger partial charge in [0.2, 0.25) is 0 Å². The SMILES string of the molecule is O=C1SC(CN2CCC(Cc3cc(F)ccc3Cl)CC2)CN1c1ccc(Cl)cc1. The molecule has 3 nitrogen and oxygen atoms in total. The average molecular weight is 453 g/mol. The smallest absolute Gasteiger partial charge is 0.286 e. The predicted molar refractivity (Wildman–Crippen MR) is 120 cm³/mol. The highest BCUT2D eigenvalue weighted by atomic mass is 35.5. The summed E-state index contributed by atoms with van der Waals surface area (Å²) in [4.78, 5) is 16.7. The average Bonchev–Trinajstić information content (AvgIpc) is 3.07. The lowest BCUT2D eigenvalue weighted by molar-refractivity contribution is 0.185. The number of carbonyl (C=O) groups excluding carboxylic acids is 1. The highest BCUT2D eigenvalue weighted by molar-refractivity contribution is 8.14. The summed E-state index contributed by atoms with van der Waals surface area (Å²) in [5.74, 6) is 0.295. The van der Waals surface area contributed by atoms with Crippen LogP contribution in [0.2, 0.25) is 10.0 Å². The fraction of sp³-hybridized carbons (Fsp3) is 0.409. The van der Waals surface area contributed by atoms with Crippen LogP contribution in [0.25, 0.3) is 0 Å². The lowest BCUT2D eigenvalue weighted by Crippen LogP contribution is -2.39. The molecule has 2 aromatic rings. The largest absolute Gasteiger partial charge is 0.302 e. The predicted octanol–water partition coefficient (Wildman–Crippen LogP) is 6.13. The molecule has 2 saturated heterocycles. The van der Waals surface area contributed by atoms with Crippen LogP contribution in [0.3, 0.4) is 0 Å². The molecule has 0 aromatic heterocycles. The first kappa shape index (κ1) is 21.0. The number of thioether (sulfide) groups is 1. The fourth-order valence-electron chi connectivity index (χ4n) is 4.12. The Morgan fingerprint density at radius 1 is 1.07 bits per heavy atom. The van der Waals surface area contributed by atoms with Gasteiger partial charge in [-0.2, -0.15) is 0 Å². The topological polar surface area (TPSA) is 23.6 Å². The number of hydrogen-bond acceptors (Lipinski definition) is 3. The van der Waals surface area contributed by atoms with Crippen LogP contribution in [0.1, 0.15) is 18.4 Å². The van der Waals surface area contributed by atoms with E-state index in [2.05, 4.69) is 4.90 Å². The number of halogens is 3. The number of amides is 1. The summed E-state index contributed by atoms with van der Waals surface area (Å²) < 4.78 is 13.5. The number of anilines is 1. The van der Waals surface area contributed by atoms with Crippen molar-refractivity contribution in [3.8, 4) is 0 Å². The maximum absolute atomic E-state index is 13.5. The van der Waals surface area contributed by atoms with Gasteiger partial charge in [0.05, 0.1) is 0 Å². The molecule has 1 amide bonds. The molecule has 2 heterocycles. The van der Waals surface area contributed by atoms with Crippen molar-refractivity contribution >= 4 is 45.9 Å². The second-order valence-corrected chi connectivity index (χ2v) is 9.87. The third kappa shape index (κ3) is 5.26. The molecule has 29 heavy (non-hydrogen) atoms. The molecule has 4 rings (SSSR count). The molecule has 2 fully saturated rings. The van der Waals surface area contributed by atoms with Crippen LogP contribution in [0, 0.1) is 11.7 Å². The summed E-state index contributed by atoms with van der Waals surface area (Å²) in [5.41, 5.74) is 1.81. The number of carbonyl (C=O) groups is 1. The first-order valence-electron chi connectivity index (χ1n) is 9.88. The molecule has 0 N–H and O–H groups in total. The van der Waals surface area contributed by atoms with Gasteiger partial charge in [-0.15, -0.1) is 0 Å². The Hall–Kier alpha value is -1.27. The van der Waals surface area contributed by atoms with E-state index in [9.17, 15) is 9.18 Å². The highest BCUT2D eigenvalue weighted by Crippen LogP contribution is 2.33. The first-order chi connectivity index (χ1) is 14.0. The lowest BCUT2D eigenvalue weighted by Gasteiger charge is -2.33. The van der Waals surface area contributed by atoms with E-state index in [-0.39, 0.29) is 16.3 Å².